The third-order valence-corrected chi connectivity index (χ3v) is 8.14. The molecule has 2 aromatic rings. The van der Waals surface area contributed by atoms with Crippen molar-refractivity contribution >= 4 is 21.7 Å². The molecule has 0 unspecified atom stereocenters. The number of carbonyl (C=O) groups is 1. The summed E-state index contributed by atoms with van der Waals surface area (Å²) in [6.07, 6.45) is -2.03. The fourth-order valence-corrected chi connectivity index (χ4v) is 6.08. The van der Waals surface area contributed by atoms with Crippen molar-refractivity contribution in [3.63, 3.8) is 0 Å². The molecule has 168 valence electrons. The van der Waals surface area contributed by atoms with E-state index in [0.717, 1.165) is 36.6 Å². The molecule has 3 heterocycles. The van der Waals surface area contributed by atoms with E-state index in [2.05, 4.69) is 9.88 Å². The number of carboxylic acids is 1. The second-order valence-corrected chi connectivity index (χ2v) is 9.66. The van der Waals surface area contributed by atoms with Crippen molar-refractivity contribution in [1.82, 2.24) is 9.88 Å². The predicted molar refractivity (Wildman–Crippen MR) is 108 cm³/mol. The summed E-state index contributed by atoms with van der Waals surface area (Å²) < 4.78 is 58.6. The molecule has 7 nitrogen and oxygen atoms in total. The average Bonchev–Trinajstić information content (AvgIpc) is 2.89. The molecule has 1 spiro atoms. The Hall–Kier alpha value is -2.66. The van der Waals surface area contributed by atoms with Crippen LogP contribution >= 0.6 is 0 Å². The van der Waals surface area contributed by atoms with Gasteiger partial charge in [0.1, 0.15) is 4.75 Å². The predicted octanol–water partition coefficient (Wildman–Crippen LogP) is 2.99. The summed E-state index contributed by atoms with van der Waals surface area (Å²) in [5, 5.41) is 7.12. The highest BCUT2D eigenvalue weighted by Crippen LogP contribution is 2.51. The molecule has 0 amide bonds. The van der Waals surface area contributed by atoms with Crippen LogP contribution in [0, 0.1) is 0 Å². The number of piperidine rings is 1. The number of aliphatic carboxylic acids is 1. The van der Waals surface area contributed by atoms with Gasteiger partial charge >= 0.3 is 12.1 Å². The summed E-state index contributed by atoms with van der Waals surface area (Å²) in [6.45, 7) is 2.30. The molecule has 31 heavy (non-hydrogen) atoms. The topological polar surface area (TPSA) is 90.8 Å². The molecular formula is C20H22F3N3O4S. The van der Waals surface area contributed by atoms with Crippen molar-refractivity contribution in [1.29, 1.82) is 0 Å². The zero-order chi connectivity index (χ0) is 22.9. The first-order valence-electron chi connectivity index (χ1n) is 9.49. The number of hydrogen-bond donors (Lipinski definition) is 1. The highest BCUT2D eigenvalue weighted by atomic mass is 32.2. The number of halogens is 3. The number of alkyl halides is 3. The fraction of sp³-hybridized carbons (Fsp3) is 0.400. The van der Waals surface area contributed by atoms with E-state index in [1.807, 2.05) is 42.5 Å². The number of fused-ring (bicyclic) bond motifs is 2. The molecular weight excluding hydrogens is 435 g/mol. The van der Waals surface area contributed by atoms with E-state index in [9.17, 15) is 21.6 Å². The number of rotatable bonds is 2. The van der Waals surface area contributed by atoms with Gasteiger partial charge in [-0.2, -0.15) is 13.2 Å². The first-order chi connectivity index (χ1) is 14.5. The molecule has 1 N–H and O–H groups in total. The van der Waals surface area contributed by atoms with E-state index in [0.29, 0.717) is 12.8 Å². The van der Waals surface area contributed by atoms with Crippen LogP contribution in [0.25, 0.3) is 0 Å². The molecule has 2 aliphatic heterocycles. The van der Waals surface area contributed by atoms with E-state index in [1.165, 1.54) is 4.31 Å². The van der Waals surface area contributed by atoms with Crippen LogP contribution in [0.1, 0.15) is 24.1 Å². The highest BCUT2D eigenvalue weighted by molar-refractivity contribution is 7.94. The number of pyridine rings is 1. The zero-order valence-corrected chi connectivity index (χ0v) is 17.5. The first kappa shape index (κ1) is 23.0. The van der Waals surface area contributed by atoms with Gasteiger partial charge in [-0.25, -0.2) is 13.2 Å². The van der Waals surface area contributed by atoms with Gasteiger partial charge in [-0.3, -0.25) is 14.2 Å². The van der Waals surface area contributed by atoms with Crippen molar-refractivity contribution in [3.8, 4) is 0 Å². The summed E-state index contributed by atoms with van der Waals surface area (Å²) in [5.41, 5.74) is 2.82. The lowest BCUT2D eigenvalue weighted by Crippen LogP contribution is -2.47. The molecule has 0 radical (unpaired) electrons. The summed E-state index contributed by atoms with van der Waals surface area (Å²) in [7, 11) is -1.68. The Labute approximate surface area is 178 Å². The van der Waals surface area contributed by atoms with Gasteiger partial charge in [0.2, 0.25) is 10.0 Å². The number of carboxylic acid groups (broad SMARTS) is 1. The van der Waals surface area contributed by atoms with Gasteiger partial charge in [-0.05, 0) is 36.6 Å². The molecule has 0 atom stereocenters. The molecule has 1 aromatic carbocycles. The Balaban J connectivity index is 0.000000339. The van der Waals surface area contributed by atoms with Gasteiger partial charge in [-0.1, -0.05) is 24.3 Å². The van der Waals surface area contributed by atoms with Gasteiger partial charge in [0.05, 0.1) is 11.4 Å². The Morgan fingerprint density at radius 2 is 1.71 bits per heavy atom. The standard InChI is InChI=1S/C18H21N3O2S.C2HF3O2/c1-20-17-8-3-2-7-16(17)18(24(20,22)23)9-12-21(13-10-18)14-15-6-4-5-11-19-15;3-2(4,5)1(6)7/h2-8,11H,9-10,12-14H2,1H3;(H,6,7). The van der Waals surface area contributed by atoms with Gasteiger partial charge in [0.15, 0.2) is 0 Å². The number of nitrogens with zero attached hydrogens (tertiary/aromatic N) is 3. The zero-order valence-electron chi connectivity index (χ0n) is 16.7. The number of sulfonamides is 1. The molecule has 0 aliphatic carbocycles. The summed E-state index contributed by atoms with van der Waals surface area (Å²) in [4.78, 5) is 15.6. The minimum atomic E-state index is -5.08. The van der Waals surface area contributed by atoms with Crippen molar-refractivity contribution in [2.75, 3.05) is 24.4 Å². The van der Waals surface area contributed by atoms with Gasteiger partial charge in [0.25, 0.3) is 0 Å². The van der Waals surface area contributed by atoms with Crippen molar-refractivity contribution in [2.45, 2.75) is 30.3 Å². The minimum Gasteiger partial charge on any atom is -0.475 e. The van der Waals surface area contributed by atoms with Crippen LogP contribution in [0.3, 0.4) is 0 Å². The van der Waals surface area contributed by atoms with Crippen LogP contribution in [-0.2, 0) is 26.1 Å². The molecule has 1 aromatic heterocycles. The smallest absolute Gasteiger partial charge is 0.475 e. The van der Waals surface area contributed by atoms with Crippen LogP contribution in [-0.4, -0.2) is 55.7 Å². The molecule has 4 rings (SSSR count). The number of para-hydroxylation sites is 1. The maximum atomic E-state index is 13.1. The van der Waals surface area contributed by atoms with Crippen LogP contribution in [0.5, 0.6) is 0 Å². The molecule has 0 bridgehead atoms. The van der Waals surface area contributed by atoms with E-state index in [1.54, 1.807) is 13.2 Å². The number of hydrogen-bond acceptors (Lipinski definition) is 5. The summed E-state index contributed by atoms with van der Waals surface area (Å²) in [6, 6.07) is 13.6. The second-order valence-electron chi connectivity index (χ2n) is 7.38. The Kier molecular flexibility index (Phi) is 6.28. The highest BCUT2D eigenvalue weighted by Gasteiger charge is 2.55. The number of likely N-dealkylation sites (tertiary alicyclic amines) is 1. The van der Waals surface area contributed by atoms with E-state index in [-0.39, 0.29) is 0 Å². The van der Waals surface area contributed by atoms with Crippen LogP contribution < -0.4 is 4.31 Å². The average molecular weight is 457 g/mol. The van der Waals surface area contributed by atoms with Gasteiger partial charge in [-0.15, -0.1) is 0 Å². The lowest BCUT2D eigenvalue weighted by atomic mass is 9.87. The Morgan fingerprint density at radius 1 is 1.13 bits per heavy atom. The lowest BCUT2D eigenvalue weighted by molar-refractivity contribution is -0.192. The summed E-state index contributed by atoms with van der Waals surface area (Å²) in [5.74, 6) is -2.76. The minimum absolute atomic E-state index is 0.628. The maximum absolute atomic E-state index is 13.1. The fourth-order valence-electron chi connectivity index (χ4n) is 3.98. The Morgan fingerprint density at radius 3 is 2.26 bits per heavy atom. The Bertz CT molecular complexity index is 1040. The number of aromatic nitrogens is 1. The SMILES string of the molecule is CN1c2ccccc2C2(CCN(Cc3ccccn3)CC2)S1(=O)=O.O=C(O)C(F)(F)F. The number of anilines is 1. The summed E-state index contributed by atoms with van der Waals surface area (Å²) >= 11 is 0. The lowest BCUT2D eigenvalue weighted by Gasteiger charge is -2.38. The van der Waals surface area contributed by atoms with E-state index >= 15 is 0 Å². The van der Waals surface area contributed by atoms with Crippen LogP contribution in [0.4, 0.5) is 18.9 Å². The monoisotopic (exact) mass is 457 g/mol. The molecule has 0 saturated carbocycles. The normalized spacial score (nSPS) is 19.4. The van der Waals surface area contributed by atoms with E-state index < -0.39 is 26.9 Å². The van der Waals surface area contributed by atoms with Crippen molar-refractivity contribution in [2.24, 2.45) is 0 Å². The third kappa shape index (κ3) is 4.38. The largest absolute Gasteiger partial charge is 0.490 e. The quantitative estimate of drug-likeness (QED) is 0.746. The molecule has 2 aliphatic rings. The van der Waals surface area contributed by atoms with Crippen molar-refractivity contribution in [3.05, 3.63) is 59.9 Å². The van der Waals surface area contributed by atoms with Crippen LogP contribution in [0.2, 0.25) is 0 Å². The van der Waals surface area contributed by atoms with Crippen molar-refractivity contribution < 1.29 is 31.5 Å². The molecule has 11 heteroatoms. The van der Waals surface area contributed by atoms with Crippen LogP contribution in [0.15, 0.2) is 48.7 Å². The maximum Gasteiger partial charge on any atom is 0.490 e. The van der Waals surface area contributed by atoms with Gasteiger partial charge in [0, 0.05) is 32.9 Å². The molecule has 1 fully saturated rings. The number of benzene rings is 1. The van der Waals surface area contributed by atoms with Gasteiger partial charge < -0.3 is 5.11 Å². The van der Waals surface area contributed by atoms with E-state index in [4.69, 9.17) is 9.90 Å². The second kappa shape index (κ2) is 8.46. The molecule has 1 saturated heterocycles. The first-order valence-corrected chi connectivity index (χ1v) is 10.9. The third-order valence-electron chi connectivity index (χ3n) is 5.61.